The van der Waals surface area contributed by atoms with E-state index in [-0.39, 0.29) is 0 Å². The van der Waals surface area contributed by atoms with Gasteiger partial charge in [0.1, 0.15) is 12.0 Å². The molecule has 0 saturated carbocycles. The number of pyridine rings is 1. The van der Waals surface area contributed by atoms with Gasteiger partial charge in [-0.2, -0.15) is 0 Å². The molecule has 2 nitrogen and oxygen atoms in total. The Kier molecular flexibility index (Phi) is 3.51. The molecule has 1 aliphatic heterocycles. The van der Waals surface area contributed by atoms with E-state index in [1.165, 1.54) is 0 Å². The summed E-state index contributed by atoms with van der Waals surface area (Å²) in [6.07, 6.45) is 1.63. The summed E-state index contributed by atoms with van der Waals surface area (Å²) in [4.78, 5) is 6.39. The summed E-state index contributed by atoms with van der Waals surface area (Å²) in [6, 6.07) is 12.1. The van der Waals surface area contributed by atoms with Gasteiger partial charge in [0.2, 0.25) is 0 Å². The largest absolute Gasteiger partial charge is 0.353 e. The number of benzene rings is 1. The predicted molar refractivity (Wildman–Crippen MR) is 79.1 cm³/mol. The maximum absolute atomic E-state index is 13.3. The first-order valence-electron chi connectivity index (χ1n) is 6.34. The predicted octanol–water partition coefficient (Wildman–Crippen LogP) is 4.06. The summed E-state index contributed by atoms with van der Waals surface area (Å²) >= 11 is 3.62. The van der Waals surface area contributed by atoms with E-state index in [4.69, 9.17) is 0 Å². The Hall–Kier alpha value is -1.42. The van der Waals surface area contributed by atoms with Gasteiger partial charge in [-0.3, -0.25) is 0 Å². The molecule has 0 spiro atoms. The average molecular weight is 321 g/mol. The Bertz CT molecular complexity index is 574. The smallest absolute Gasteiger partial charge is 0.143 e. The Balaban J connectivity index is 2.00. The number of halogens is 2. The molecule has 1 aromatic carbocycles. The molecule has 98 valence electrons. The highest BCUT2D eigenvalue weighted by Gasteiger charge is 2.25. The van der Waals surface area contributed by atoms with Crippen LogP contribution in [0.25, 0.3) is 11.1 Å². The first kappa shape index (κ1) is 12.6. The van der Waals surface area contributed by atoms with Crippen molar-refractivity contribution in [3.8, 4) is 11.1 Å². The number of hydrogen-bond donors (Lipinski definition) is 0. The molecule has 1 saturated heterocycles. The number of anilines is 1. The van der Waals surface area contributed by atoms with Crippen LogP contribution in [0.3, 0.4) is 0 Å². The van der Waals surface area contributed by atoms with Gasteiger partial charge in [-0.15, -0.1) is 0 Å². The highest BCUT2D eigenvalue weighted by molar-refractivity contribution is 9.10. The van der Waals surface area contributed by atoms with Gasteiger partial charge < -0.3 is 4.90 Å². The van der Waals surface area contributed by atoms with E-state index in [1.807, 2.05) is 29.2 Å². The minimum Gasteiger partial charge on any atom is -0.353 e. The van der Waals surface area contributed by atoms with Crippen molar-refractivity contribution in [2.75, 3.05) is 18.0 Å². The van der Waals surface area contributed by atoms with Gasteiger partial charge >= 0.3 is 0 Å². The normalized spacial score (nSPS) is 18.8. The molecule has 1 unspecified atom stereocenters. The fraction of sp³-hybridized carbons (Fsp3) is 0.267. The third-order valence-corrected chi connectivity index (χ3v) is 4.17. The number of rotatable bonds is 2. The molecule has 1 atom stereocenters. The molecule has 1 aromatic heterocycles. The van der Waals surface area contributed by atoms with Crippen molar-refractivity contribution in [1.82, 2.24) is 4.98 Å². The van der Waals surface area contributed by atoms with Crippen LogP contribution in [0.2, 0.25) is 0 Å². The summed E-state index contributed by atoms with van der Waals surface area (Å²) in [5.74, 6) is 0.835. The summed E-state index contributed by atoms with van der Waals surface area (Å²) in [5.41, 5.74) is 2.22. The quantitative estimate of drug-likeness (QED) is 0.829. The highest BCUT2D eigenvalue weighted by Crippen LogP contribution is 2.35. The van der Waals surface area contributed by atoms with E-state index < -0.39 is 6.17 Å². The van der Waals surface area contributed by atoms with Crippen molar-refractivity contribution < 1.29 is 4.39 Å². The van der Waals surface area contributed by atoms with Crippen LogP contribution in [-0.2, 0) is 0 Å². The minimum absolute atomic E-state index is 0.434. The zero-order chi connectivity index (χ0) is 13.2. The summed E-state index contributed by atoms with van der Waals surface area (Å²) < 4.78 is 14.3. The molecule has 1 aliphatic rings. The molecule has 2 aromatic rings. The van der Waals surface area contributed by atoms with Crippen molar-refractivity contribution in [3.05, 3.63) is 47.1 Å². The highest BCUT2D eigenvalue weighted by atomic mass is 79.9. The van der Waals surface area contributed by atoms with Crippen molar-refractivity contribution >= 4 is 21.7 Å². The molecule has 0 N–H and O–H groups in total. The second-order valence-electron chi connectivity index (χ2n) is 4.69. The maximum Gasteiger partial charge on any atom is 0.143 e. The van der Waals surface area contributed by atoms with Gasteiger partial charge in [-0.05, 0) is 34.0 Å². The molecule has 0 bridgehead atoms. The molecular weight excluding hydrogens is 307 g/mol. The molecule has 3 rings (SSSR count). The lowest BCUT2D eigenvalue weighted by molar-refractivity contribution is 0.364. The number of hydrogen-bond acceptors (Lipinski definition) is 2. The van der Waals surface area contributed by atoms with E-state index in [1.54, 1.807) is 6.20 Å². The van der Waals surface area contributed by atoms with Crippen molar-refractivity contribution in [2.45, 2.75) is 12.6 Å². The Morgan fingerprint density at radius 2 is 2.00 bits per heavy atom. The minimum atomic E-state index is -0.742. The first-order chi connectivity index (χ1) is 9.25. The molecule has 0 aliphatic carbocycles. The van der Waals surface area contributed by atoms with Crippen LogP contribution in [0, 0.1) is 0 Å². The second kappa shape index (κ2) is 5.29. The first-order valence-corrected chi connectivity index (χ1v) is 7.14. The molecule has 4 heteroatoms. The monoisotopic (exact) mass is 320 g/mol. The average Bonchev–Trinajstić information content (AvgIpc) is 2.86. The van der Waals surface area contributed by atoms with Crippen LogP contribution < -0.4 is 4.90 Å². The lowest BCUT2D eigenvalue weighted by atomic mass is 10.1. The lowest BCUT2D eigenvalue weighted by Gasteiger charge is -2.19. The van der Waals surface area contributed by atoms with Crippen molar-refractivity contribution in [3.63, 3.8) is 0 Å². The number of alkyl halides is 1. The third-order valence-electron chi connectivity index (χ3n) is 3.39. The van der Waals surface area contributed by atoms with Gasteiger partial charge in [0.05, 0.1) is 11.0 Å². The molecule has 1 fully saturated rings. The van der Waals surface area contributed by atoms with Crippen molar-refractivity contribution in [2.24, 2.45) is 0 Å². The molecule has 0 amide bonds. The standard InChI is InChI=1S/C15H14BrFN2/c16-14-13(11-4-2-1-3-5-11)6-8-18-15(14)19-9-7-12(17)10-19/h1-6,8,12H,7,9-10H2. The Morgan fingerprint density at radius 1 is 1.21 bits per heavy atom. The SMILES string of the molecule is FC1CCN(c2nccc(-c3ccccc3)c2Br)C1. The van der Waals surface area contributed by atoms with Gasteiger partial charge in [-0.1, -0.05) is 30.3 Å². The number of nitrogens with zero attached hydrogens (tertiary/aromatic N) is 2. The zero-order valence-electron chi connectivity index (χ0n) is 10.4. The molecule has 19 heavy (non-hydrogen) atoms. The van der Waals surface area contributed by atoms with E-state index in [0.717, 1.165) is 28.0 Å². The zero-order valence-corrected chi connectivity index (χ0v) is 12.0. The number of aromatic nitrogens is 1. The van der Waals surface area contributed by atoms with Gasteiger partial charge in [-0.25, -0.2) is 9.37 Å². The van der Waals surface area contributed by atoms with Gasteiger partial charge in [0.15, 0.2) is 0 Å². The van der Waals surface area contributed by atoms with E-state index in [0.29, 0.717) is 13.0 Å². The van der Waals surface area contributed by atoms with Gasteiger partial charge in [0, 0.05) is 18.3 Å². The van der Waals surface area contributed by atoms with Crippen LogP contribution >= 0.6 is 15.9 Å². The Labute approximate surface area is 120 Å². The van der Waals surface area contributed by atoms with Crippen LogP contribution in [0.15, 0.2) is 47.1 Å². The van der Waals surface area contributed by atoms with Gasteiger partial charge in [0.25, 0.3) is 0 Å². The maximum atomic E-state index is 13.3. The molecular formula is C15H14BrFN2. The third kappa shape index (κ3) is 2.50. The molecule has 0 radical (unpaired) electrons. The summed E-state index contributed by atoms with van der Waals surface area (Å²) in [5, 5.41) is 0. The van der Waals surface area contributed by atoms with Crippen molar-refractivity contribution in [1.29, 1.82) is 0 Å². The molecule has 2 heterocycles. The fourth-order valence-corrected chi connectivity index (χ4v) is 3.12. The topological polar surface area (TPSA) is 16.1 Å². The summed E-state index contributed by atoms with van der Waals surface area (Å²) in [7, 11) is 0. The second-order valence-corrected chi connectivity index (χ2v) is 5.49. The van der Waals surface area contributed by atoms with Crippen LogP contribution in [0.5, 0.6) is 0 Å². The van der Waals surface area contributed by atoms with E-state index in [2.05, 4.69) is 33.0 Å². The van der Waals surface area contributed by atoms with E-state index in [9.17, 15) is 4.39 Å². The fourth-order valence-electron chi connectivity index (χ4n) is 2.40. The lowest BCUT2D eigenvalue weighted by Crippen LogP contribution is -2.21. The Morgan fingerprint density at radius 3 is 2.68 bits per heavy atom. The van der Waals surface area contributed by atoms with Crippen LogP contribution in [0.4, 0.5) is 10.2 Å². The van der Waals surface area contributed by atoms with Crippen LogP contribution in [-0.4, -0.2) is 24.2 Å². The summed E-state index contributed by atoms with van der Waals surface area (Å²) in [6.45, 7) is 1.16. The van der Waals surface area contributed by atoms with Crippen LogP contribution in [0.1, 0.15) is 6.42 Å². The van der Waals surface area contributed by atoms with E-state index >= 15 is 0 Å².